The van der Waals surface area contributed by atoms with Crippen LogP contribution >= 0.6 is 0 Å². The van der Waals surface area contributed by atoms with E-state index in [2.05, 4.69) is 20.5 Å². The number of ether oxygens (including phenoxy) is 1. The second-order valence-corrected chi connectivity index (χ2v) is 4.90. The number of aromatic nitrogens is 4. The van der Waals surface area contributed by atoms with Crippen LogP contribution in [-0.2, 0) is 0 Å². The average Bonchev–Trinajstić information content (AvgIpc) is 2.92. The molecular formula is C15H17N5O2. The number of aryl methyl sites for hydroxylation is 1. The molecule has 7 nitrogen and oxygen atoms in total. The van der Waals surface area contributed by atoms with Crippen molar-refractivity contribution < 1.29 is 9.84 Å². The van der Waals surface area contributed by atoms with Crippen molar-refractivity contribution >= 4 is 11.5 Å². The van der Waals surface area contributed by atoms with Crippen LogP contribution in [0, 0.1) is 6.92 Å². The molecule has 0 aliphatic rings. The van der Waals surface area contributed by atoms with Crippen molar-refractivity contribution in [1.82, 2.24) is 19.8 Å². The van der Waals surface area contributed by atoms with Gasteiger partial charge in [-0.25, -0.2) is 4.98 Å². The van der Waals surface area contributed by atoms with Crippen LogP contribution in [0.1, 0.15) is 17.5 Å². The van der Waals surface area contributed by atoms with Gasteiger partial charge in [0.15, 0.2) is 5.65 Å². The molecule has 0 saturated heterocycles. The molecule has 0 radical (unpaired) electrons. The third kappa shape index (κ3) is 2.99. The summed E-state index contributed by atoms with van der Waals surface area (Å²) in [6.07, 6.45) is -0.638. The quantitative estimate of drug-likeness (QED) is 0.744. The van der Waals surface area contributed by atoms with Crippen molar-refractivity contribution in [2.24, 2.45) is 0 Å². The molecule has 0 saturated carbocycles. The predicted molar refractivity (Wildman–Crippen MR) is 82.0 cm³/mol. The minimum atomic E-state index is -0.638. The van der Waals surface area contributed by atoms with Gasteiger partial charge in [0.05, 0.1) is 13.2 Å². The summed E-state index contributed by atoms with van der Waals surface area (Å²) in [5, 5.41) is 21.7. The zero-order chi connectivity index (χ0) is 15.5. The zero-order valence-electron chi connectivity index (χ0n) is 12.4. The Morgan fingerprint density at radius 2 is 1.95 bits per heavy atom. The lowest BCUT2D eigenvalue weighted by molar-refractivity contribution is 0.191. The molecule has 0 fully saturated rings. The number of methoxy groups -OCH3 is 1. The second kappa shape index (κ2) is 5.98. The van der Waals surface area contributed by atoms with E-state index < -0.39 is 6.10 Å². The summed E-state index contributed by atoms with van der Waals surface area (Å²) < 4.78 is 6.57. The third-order valence-electron chi connectivity index (χ3n) is 3.29. The van der Waals surface area contributed by atoms with E-state index in [1.54, 1.807) is 7.11 Å². The maximum Gasteiger partial charge on any atom is 0.176 e. The van der Waals surface area contributed by atoms with Crippen LogP contribution in [0.5, 0.6) is 5.75 Å². The maximum atomic E-state index is 10.2. The monoisotopic (exact) mass is 299 g/mol. The fraction of sp³-hybridized carbons (Fsp3) is 0.267. The number of benzene rings is 1. The number of aliphatic hydroxyl groups is 1. The molecule has 2 heterocycles. The van der Waals surface area contributed by atoms with Crippen LogP contribution in [0.15, 0.2) is 36.4 Å². The summed E-state index contributed by atoms with van der Waals surface area (Å²) in [6.45, 7) is 2.16. The van der Waals surface area contributed by atoms with Crippen LogP contribution in [0.3, 0.4) is 0 Å². The molecule has 3 rings (SSSR count). The highest BCUT2D eigenvalue weighted by Gasteiger charge is 2.08. The Balaban J connectivity index is 1.66. The Morgan fingerprint density at radius 1 is 1.18 bits per heavy atom. The molecular weight excluding hydrogens is 282 g/mol. The summed E-state index contributed by atoms with van der Waals surface area (Å²) in [7, 11) is 1.61. The SMILES string of the molecule is COc1ccc(C(O)CNc2ccc3nc(C)nn3n2)cc1. The molecule has 1 atom stereocenters. The Bertz CT molecular complexity index is 769. The Hall–Kier alpha value is -2.67. The van der Waals surface area contributed by atoms with Gasteiger partial charge in [-0.1, -0.05) is 12.1 Å². The van der Waals surface area contributed by atoms with E-state index in [1.807, 2.05) is 43.3 Å². The molecule has 0 aliphatic carbocycles. The van der Waals surface area contributed by atoms with E-state index in [9.17, 15) is 5.11 Å². The lowest BCUT2D eigenvalue weighted by atomic mass is 10.1. The van der Waals surface area contributed by atoms with Gasteiger partial charge in [-0.15, -0.1) is 14.8 Å². The van der Waals surface area contributed by atoms with Gasteiger partial charge in [0.2, 0.25) is 0 Å². The van der Waals surface area contributed by atoms with E-state index in [1.165, 1.54) is 4.63 Å². The standard InChI is InChI=1S/C15H17N5O2/c1-10-17-15-8-7-14(19-20(15)18-10)16-9-13(21)11-3-5-12(22-2)6-4-11/h3-8,13,21H,9H2,1-2H3,(H,16,19). The van der Waals surface area contributed by atoms with Crippen molar-refractivity contribution in [3.05, 3.63) is 47.8 Å². The van der Waals surface area contributed by atoms with E-state index in [0.29, 0.717) is 23.8 Å². The topological polar surface area (TPSA) is 84.6 Å². The molecule has 0 aliphatic heterocycles. The Morgan fingerprint density at radius 3 is 2.68 bits per heavy atom. The van der Waals surface area contributed by atoms with E-state index in [0.717, 1.165) is 11.3 Å². The fourth-order valence-corrected chi connectivity index (χ4v) is 2.13. The van der Waals surface area contributed by atoms with E-state index >= 15 is 0 Å². The summed E-state index contributed by atoms with van der Waals surface area (Å²) >= 11 is 0. The van der Waals surface area contributed by atoms with Crippen molar-refractivity contribution in [1.29, 1.82) is 0 Å². The number of hydrogen-bond donors (Lipinski definition) is 2. The van der Waals surface area contributed by atoms with E-state index in [-0.39, 0.29) is 0 Å². The van der Waals surface area contributed by atoms with Gasteiger partial charge < -0.3 is 15.2 Å². The number of hydrogen-bond acceptors (Lipinski definition) is 6. The average molecular weight is 299 g/mol. The molecule has 2 N–H and O–H groups in total. The van der Waals surface area contributed by atoms with Gasteiger partial charge in [0.25, 0.3) is 0 Å². The second-order valence-electron chi connectivity index (χ2n) is 4.90. The number of nitrogens with zero attached hydrogens (tertiary/aromatic N) is 4. The molecule has 2 aromatic heterocycles. The zero-order valence-corrected chi connectivity index (χ0v) is 12.4. The number of nitrogens with one attached hydrogen (secondary N) is 1. The molecule has 0 bridgehead atoms. The minimum absolute atomic E-state index is 0.346. The normalized spacial score (nSPS) is 12.3. The first-order chi connectivity index (χ1) is 10.7. The predicted octanol–water partition coefficient (Wildman–Crippen LogP) is 1.59. The largest absolute Gasteiger partial charge is 0.497 e. The molecule has 0 amide bonds. The first-order valence-corrected chi connectivity index (χ1v) is 6.92. The van der Waals surface area contributed by atoms with E-state index in [4.69, 9.17) is 4.74 Å². The number of aliphatic hydroxyl groups excluding tert-OH is 1. The van der Waals surface area contributed by atoms with Gasteiger partial charge in [0.1, 0.15) is 17.4 Å². The van der Waals surface area contributed by atoms with Crippen LogP contribution in [0.4, 0.5) is 5.82 Å². The fourth-order valence-electron chi connectivity index (χ4n) is 2.13. The van der Waals surface area contributed by atoms with Crippen LogP contribution in [-0.4, -0.2) is 38.6 Å². The summed E-state index contributed by atoms with van der Waals surface area (Å²) in [5.74, 6) is 2.06. The summed E-state index contributed by atoms with van der Waals surface area (Å²) in [4.78, 5) is 4.21. The lowest BCUT2D eigenvalue weighted by Gasteiger charge is -2.13. The maximum absolute atomic E-state index is 10.2. The van der Waals surface area contributed by atoms with Crippen molar-refractivity contribution in [2.45, 2.75) is 13.0 Å². The van der Waals surface area contributed by atoms with Crippen molar-refractivity contribution in [3.63, 3.8) is 0 Å². The summed E-state index contributed by atoms with van der Waals surface area (Å²) in [6, 6.07) is 11.0. The first kappa shape index (κ1) is 14.3. The van der Waals surface area contributed by atoms with Crippen LogP contribution in [0.25, 0.3) is 5.65 Å². The third-order valence-corrected chi connectivity index (χ3v) is 3.29. The highest BCUT2D eigenvalue weighted by atomic mass is 16.5. The Labute approximate surface area is 127 Å². The smallest absolute Gasteiger partial charge is 0.176 e. The molecule has 3 aromatic rings. The van der Waals surface area contributed by atoms with Crippen LogP contribution < -0.4 is 10.1 Å². The molecule has 0 spiro atoms. The molecule has 1 aromatic carbocycles. The van der Waals surface area contributed by atoms with Crippen molar-refractivity contribution in [2.75, 3.05) is 19.0 Å². The first-order valence-electron chi connectivity index (χ1n) is 6.92. The highest BCUT2D eigenvalue weighted by molar-refractivity contribution is 5.43. The molecule has 22 heavy (non-hydrogen) atoms. The van der Waals surface area contributed by atoms with Gasteiger partial charge in [-0.3, -0.25) is 0 Å². The number of fused-ring (bicyclic) bond motifs is 1. The van der Waals surface area contributed by atoms with Gasteiger partial charge >= 0.3 is 0 Å². The molecule has 1 unspecified atom stereocenters. The van der Waals surface area contributed by atoms with Gasteiger partial charge in [-0.05, 0) is 36.8 Å². The summed E-state index contributed by atoms with van der Waals surface area (Å²) in [5.41, 5.74) is 1.50. The molecule has 7 heteroatoms. The Kier molecular flexibility index (Phi) is 3.88. The molecule has 114 valence electrons. The minimum Gasteiger partial charge on any atom is -0.497 e. The number of rotatable bonds is 5. The highest BCUT2D eigenvalue weighted by Crippen LogP contribution is 2.18. The van der Waals surface area contributed by atoms with Gasteiger partial charge in [0, 0.05) is 6.54 Å². The van der Waals surface area contributed by atoms with Gasteiger partial charge in [-0.2, -0.15) is 0 Å². The van der Waals surface area contributed by atoms with Crippen molar-refractivity contribution in [3.8, 4) is 5.75 Å². The van der Waals surface area contributed by atoms with Crippen LogP contribution in [0.2, 0.25) is 0 Å². The lowest BCUT2D eigenvalue weighted by Crippen LogP contribution is -2.13. The number of anilines is 1.